The second kappa shape index (κ2) is 11.9. The predicted octanol–water partition coefficient (Wildman–Crippen LogP) is 1.12. The number of piperidine rings is 3. The van der Waals surface area contributed by atoms with E-state index in [0.29, 0.717) is 12.1 Å². The first-order chi connectivity index (χ1) is 16.8. The number of carbonyl (C=O) groups is 1. The number of nitrogens with zero attached hydrogens (tertiary/aromatic N) is 3. The fraction of sp³-hybridized carbons (Fsp3) is 0.962. The lowest BCUT2D eigenvalue weighted by Crippen LogP contribution is -2.75. The van der Waals surface area contributed by atoms with Gasteiger partial charge < -0.3 is 27.0 Å². The van der Waals surface area contributed by atoms with Crippen molar-refractivity contribution in [1.29, 1.82) is 0 Å². The first kappa shape index (κ1) is 27.6. The quantitative estimate of drug-likeness (QED) is 0.272. The van der Waals surface area contributed by atoms with Crippen LogP contribution in [0.4, 0.5) is 0 Å². The zero-order valence-corrected chi connectivity index (χ0v) is 23.0. The molecule has 9 heteroatoms. The monoisotopic (exact) mass is 511 g/mol. The number of hydrogen-bond acceptors (Lipinski definition) is 7. The summed E-state index contributed by atoms with van der Waals surface area (Å²) in [6, 6.07) is 1.08. The molecule has 35 heavy (non-hydrogen) atoms. The lowest BCUT2D eigenvalue weighted by molar-refractivity contribution is -0.151. The number of nitrogens with one attached hydrogen (secondary N) is 2. The summed E-state index contributed by atoms with van der Waals surface area (Å²) in [5.74, 6) is -0.393. The lowest BCUT2D eigenvalue weighted by Gasteiger charge is -2.64. The zero-order chi connectivity index (χ0) is 25.2. The molecule has 0 aliphatic carbocycles. The molecule has 7 unspecified atom stereocenters. The van der Waals surface area contributed by atoms with Crippen LogP contribution in [0.2, 0.25) is 0 Å². The molecule has 8 nitrogen and oxygen atoms in total. The Kier molecular flexibility index (Phi) is 9.39. The highest BCUT2D eigenvalue weighted by Gasteiger charge is 2.57. The highest BCUT2D eigenvalue weighted by molar-refractivity contribution is 6.20. The molecule has 0 aromatic heterocycles. The Morgan fingerprint density at radius 1 is 1.26 bits per heavy atom. The molecule has 4 saturated heterocycles. The van der Waals surface area contributed by atoms with Crippen LogP contribution in [-0.4, -0.2) is 109 Å². The van der Waals surface area contributed by atoms with E-state index in [4.69, 9.17) is 23.1 Å². The van der Waals surface area contributed by atoms with Gasteiger partial charge in [0, 0.05) is 48.7 Å². The number of alkyl halides is 1. The van der Waals surface area contributed by atoms with Crippen LogP contribution in [0.3, 0.4) is 0 Å². The molecule has 202 valence electrons. The van der Waals surface area contributed by atoms with Crippen molar-refractivity contribution in [1.82, 2.24) is 25.3 Å². The number of rotatable bonds is 9. The second-order valence-corrected chi connectivity index (χ2v) is 12.5. The van der Waals surface area contributed by atoms with Crippen molar-refractivity contribution < 1.29 is 4.79 Å². The van der Waals surface area contributed by atoms with Gasteiger partial charge in [-0.1, -0.05) is 19.8 Å². The SMILES string of the molecule is CCCCC12CCC(Cl)CN1C(C(C(=O)NC1CNCCC1N1CCCC(N(C)C)C1)C(N)N)C2. The van der Waals surface area contributed by atoms with Crippen LogP contribution in [0.15, 0.2) is 0 Å². The summed E-state index contributed by atoms with van der Waals surface area (Å²) < 4.78 is 0. The number of unbranched alkanes of at least 4 members (excludes halogenated alkanes) is 1. The molecule has 0 bridgehead atoms. The van der Waals surface area contributed by atoms with Gasteiger partial charge >= 0.3 is 0 Å². The number of hydrogen-bond donors (Lipinski definition) is 4. The minimum absolute atomic E-state index is 0.0191. The predicted molar refractivity (Wildman–Crippen MR) is 143 cm³/mol. The number of nitrogens with two attached hydrogens (primary N) is 2. The molecule has 1 amide bonds. The molecular formula is C26H50ClN7O. The molecule has 0 aromatic rings. The standard InChI is InChI=1S/C26H50ClN7O/c1-4-5-10-26-11-8-18(27)16-34(26)22(14-26)23(24(28)29)25(35)31-20-15-30-12-9-21(20)33-13-6-7-19(17-33)32(2)3/h18-24,30H,4-17,28-29H2,1-3H3,(H,31,35). The van der Waals surface area contributed by atoms with Crippen molar-refractivity contribution in [3.8, 4) is 0 Å². The van der Waals surface area contributed by atoms with E-state index in [1.165, 1.54) is 32.1 Å². The molecule has 6 N–H and O–H groups in total. The largest absolute Gasteiger partial charge is 0.350 e. The van der Waals surface area contributed by atoms with Gasteiger partial charge in [-0.25, -0.2) is 0 Å². The van der Waals surface area contributed by atoms with E-state index in [0.717, 1.165) is 58.4 Å². The minimum atomic E-state index is -0.678. The van der Waals surface area contributed by atoms with E-state index < -0.39 is 12.1 Å². The third-order valence-corrected chi connectivity index (χ3v) is 9.80. The maximum atomic E-state index is 13.8. The summed E-state index contributed by atoms with van der Waals surface area (Å²) >= 11 is 6.61. The number of halogens is 1. The van der Waals surface area contributed by atoms with Gasteiger partial charge in [-0.15, -0.1) is 11.6 Å². The van der Waals surface area contributed by atoms with Crippen molar-refractivity contribution >= 4 is 17.5 Å². The maximum Gasteiger partial charge on any atom is 0.227 e. The third kappa shape index (κ3) is 6.00. The van der Waals surface area contributed by atoms with E-state index in [1.54, 1.807) is 0 Å². The van der Waals surface area contributed by atoms with Gasteiger partial charge in [-0.05, 0) is 72.1 Å². The second-order valence-electron chi connectivity index (χ2n) is 11.9. The summed E-state index contributed by atoms with van der Waals surface area (Å²) in [4.78, 5) is 21.2. The van der Waals surface area contributed by atoms with Crippen molar-refractivity contribution in [3.63, 3.8) is 0 Å². The first-order valence-corrected chi connectivity index (χ1v) is 14.5. The Morgan fingerprint density at radius 3 is 2.77 bits per heavy atom. The highest BCUT2D eigenvalue weighted by atomic mass is 35.5. The molecule has 4 rings (SSSR count). The molecule has 4 aliphatic heterocycles. The van der Waals surface area contributed by atoms with Crippen molar-refractivity contribution in [2.24, 2.45) is 17.4 Å². The minimum Gasteiger partial charge on any atom is -0.350 e. The average molecular weight is 512 g/mol. The topological polar surface area (TPSA) is 103 Å². The molecule has 0 radical (unpaired) electrons. The molecule has 0 spiro atoms. The number of likely N-dealkylation sites (N-methyl/N-ethyl adjacent to an activating group) is 1. The van der Waals surface area contributed by atoms with Gasteiger partial charge in [0.15, 0.2) is 0 Å². The van der Waals surface area contributed by atoms with Crippen LogP contribution < -0.4 is 22.1 Å². The van der Waals surface area contributed by atoms with Crippen LogP contribution in [-0.2, 0) is 4.79 Å². The van der Waals surface area contributed by atoms with E-state index in [1.807, 2.05) is 0 Å². The molecule has 0 saturated carbocycles. The fourth-order valence-electron chi connectivity index (χ4n) is 7.38. The Labute approximate surface area is 217 Å². The highest BCUT2D eigenvalue weighted by Crippen LogP contribution is 2.50. The third-order valence-electron chi connectivity index (χ3n) is 9.44. The molecule has 0 aromatic carbocycles. The lowest BCUT2D eigenvalue weighted by atomic mass is 9.65. The van der Waals surface area contributed by atoms with Crippen LogP contribution >= 0.6 is 11.6 Å². The molecule has 7 atom stereocenters. The van der Waals surface area contributed by atoms with Crippen LogP contribution in [0, 0.1) is 5.92 Å². The Morgan fingerprint density at radius 2 is 2.06 bits per heavy atom. The summed E-state index contributed by atoms with van der Waals surface area (Å²) in [6.07, 6.45) is 9.57. The number of likely N-dealkylation sites (tertiary alicyclic amines) is 1. The maximum absolute atomic E-state index is 13.8. The van der Waals surface area contributed by atoms with Crippen molar-refractivity contribution in [3.05, 3.63) is 0 Å². The van der Waals surface area contributed by atoms with E-state index in [2.05, 4.69) is 46.4 Å². The van der Waals surface area contributed by atoms with Crippen LogP contribution in [0.1, 0.15) is 64.7 Å². The Balaban J connectivity index is 1.44. The summed E-state index contributed by atoms with van der Waals surface area (Å²) in [6.45, 7) is 7.04. The molecule has 4 aliphatic rings. The van der Waals surface area contributed by atoms with Gasteiger partial charge in [0.05, 0.1) is 18.1 Å². The number of carbonyl (C=O) groups excluding carboxylic acids is 1. The number of amides is 1. The van der Waals surface area contributed by atoms with E-state index in [9.17, 15) is 4.79 Å². The van der Waals surface area contributed by atoms with Gasteiger partial charge in [0.25, 0.3) is 0 Å². The van der Waals surface area contributed by atoms with E-state index >= 15 is 0 Å². The average Bonchev–Trinajstić information content (AvgIpc) is 2.83. The molecular weight excluding hydrogens is 462 g/mol. The van der Waals surface area contributed by atoms with Gasteiger partial charge in [-0.3, -0.25) is 14.6 Å². The van der Waals surface area contributed by atoms with Crippen LogP contribution in [0.25, 0.3) is 0 Å². The van der Waals surface area contributed by atoms with Gasteiger partial charge in [-0.2, -0.15) is 0 Å². The van der Waals surface area contributed by atoms with Gasteiger partial charge in [0.1, 0.15) is 0 Å². The Bertz CT molecular complexity index is 705. The van der Waals surface area contributed by atoms with Gasteiger partial charge in [0.2, 0.25) is 5.91 Å². The zero-order valence-electron chi connectivity index (χ0n) is 22.2. The molecule has 4 fully saturated rings. The first-order valence-electron chi connectivity index (χ1n) is 14.1. The fourth-order valence-corrected chi connectivity index (χ4v) is 7.64. The van der Waals surface area contributed by atoms with E-state index in [-0.39, 0.29) is 28.9 Å². The summed E-state index contributed by atoms with van der Waals surface area (Å²) in [7, 11) is 4.35. The number of fused-ring (bicyclic) bond motifs is 1. The van der Waals surface area contributed by atoms with Crippen molar-refractivity contribution in [2.75, 3.05) is 46.8 Å². The van der Waals surface area contributed by atoms with Crippen molar-refractivity contribution in [2.45, 2.75) is 106 Å². The summed E-state index contributed by atoms with van der Waals surface area (Å²) in [5.41, 5.74) is 12.8. The van der Waals surface area contributed by atoms with Crippen LogP contribution in [0.5, 0.6) is 0 Å². The summed E-state index contributed by atoms with van der Waals surface area (Å²) in [5, 5.41) is 7.07. The Hall–Kier alpha value is -0.480. The molecule has 4 heterocycles. The smallest absolute Gasteiger partial charge is 0.227 e. The normalized spacial score (nSPS) is 37.7.